The van der Waals surface area contributed by atoms with Crippen LogP contribution in [-0.2, 0) is 4.79 Å². The summed E-state index contributed by atoms with van der Waals surface area (Å²) in [5.74, 6) is 2.96. The number of nitrogens with one attached hydrogen (secondary N) is 1. The summed E-state index contributed by atoms with van der Waals surface area (Å²) < 4.78 is 1.72. The standard InChI is InChI=1S/C20H25N5OS/c1-13-4-2-3-5-17(13)25-19(22-23-24-25)27-12-18(26)21-20-9-14-6-15(10-20)8-16(7-14)11-20/h2-5,14-16H,6-12H2,1H3,(H,21,26). The Morgan fingerprint density at radius 1 is 1.19 bits per heavy atom. The molecule has 6 nitrogen and oxygen atoms in total. The van der Waals surface area contributed by atoms with Gasteiger partial charge in [0, 0.05) is 5.54 Å². The Balaban J connectivity index is 1.25. The Labute approximate surface area is 163 Å². The number of tetrazole rings is 1. The summed E-state index contributed by atoms with van der Waals surface area (Å²) in [5.41, 5.74) is 2.12. The topological polar surface area (TPSA) is 72.7 Å². The number of hydrogen-bond acceptors (Lipinski definition) is 5. The number of amides is 1. The lowest BCUT2D eigenvalue weighted by molar-refractivity contribution is -0.124. The molecular formula is C20H25N5OS. The van der Waals surface area contributed by atoms with Crippen molar-refractivity contribution in [3.63, 3.8) is 0 Å². The summed E-state index contributed by atoms with van der Waals surface area (Å²) >= 11 is 1.41. The van der Waals surface area contributed by atoms with Crippen LogP contribution >= 0.6 is 11.8 Å². The van der Waals surface area contributed by atoms with Gasteiger partial charge in [0.25, 0.3) is 0 Å². The highest BCUT2D eigenvalue weighted by Crippen LogP contribution is 2.55. The highest BCUT2D eigenvalue weighted by atomic mass is 32.2. The average Bonchev–Trinajstić information content (AvgIpc) is 3.07. The fraction of sp³-hybridized carbons (Fsp3) is 0.600. The number of hydrogen-bond donors (Lipinski definition) is 1. The van der Waals surface area contributed by atoms with E-state index in [2.05, 4.69) is 20.8 Å². The first-order chi connectivity index (χ1) is 13.1. The minimum absolute atomic E-state index is 0.0638. The van der Waals surface area contributed by atoms with Crippen molar-refractivity contribution >= 4 is 17.7 Å². The zero-order chi connectivity index (χ0) is 18.4. The van der Waals surface area contributed by atoms with Gasteiger partial charge in [-0.25, -0.2) is 0 Å². The van der Waals surface area contributed by atoms with Gasteiger partial charge in [-0.1, -0.05) is 30.0 Å². The summed E-state index contributed by atoms with van der Waals surface area (Å²) in [4.78, 5) is 12.7. The van der Waals surface area contributed by atoms with Crippen molar-refractivity contribution in [1.82, 2.24) is 25.5 Å². The summed E-state index contributed by atoms with van der Waals surface area (Å²) in [6.45, 7) is 2.03. The van der Waals surface area contributed by atoms with Crippen molar-refractivity contribution in [3.8, 4) is 5.69 Å². The summed E-state index contributed by atoms with van der Waals surface area (Å²) in [6, 6.07) is 7.99. The first-order valence-electron chi connectivity index (χ1n) is 9.88. The van der Waals surface area contributed by atoms with E-state index in [9.17, 15) is 4.79 Å². The van der Waals surface area contributed by atoms with Crippen molar-refractivity contribution in [1.29, 1.82) is 0 Å². The quantitative estimate of drug-likeness (QED) is 0.803. The average molecular weight is 384 g/mol. The fourth-order valence-electron chi connectivity index (χ4n) is 5.95. The second-order valence-electron chi connectivity index (χ2n) is 8.69. The summed E-state index contributed by atoms with van der Waals surface area (Å²) in [7, 11) is 0. The smallest absolute Gasteiger partial charge is 0.230 e. The van der Waals surface area contributed by atoms with Crippen LogP contribution in [0.4, 0.5) is 0 Å². The van der Waals surface area contributed by atoms with Crippen LogP contribution < -0.4 is 5.32 Å². The molecule has 142 valence electrons. The fourth-order valence-corrected chi connectivity index (χ4v) is 6.63. The minimum atomic E-state index is 0.0638. The normalized spacial score (nSPS) is 31.2. The second kappa shape index (κ2) is 6.62. The maximum atomic E-state index is 12.7. The van der Waals surface area contributed by atoms with Crippen LogP contribution in [0.25, 0.3) is 5.69 Å². The van der Waals surface area contributed by atoms with Crippen molar-refractivity contribution in [2.75, 3.05) is 5.75 Å². The largest absolute Gasteiger partial charge is 0.350 e. The number of aromatic nitrogens is 4. The molecule has 1 amide bonds. The maximum absolute atomic E-state index is 12.7. The summed E-state index contributed by atoms with van der Waals surface area (Å²) in [5, 5.41) is 16.1. The number of para-hydroxylation sites is 1. The minimum Gasteiger partial charge on any atom is -0.350 e. The molecule has 1 aromatic heterocycles. The molecule has 0 atom stereocenters. The van der Waals surface area contributed by atoms with Crippen molar-refractivity contribution in [2.24, 2.45) is 17.8 Å². The van der Waals surface area contributed by atoms with E-state index in [1.54, 1.807) is 4.68 Å². The van der Waals surface area contributed by atoms with E-state index in [1.807, 2.05) is 31.2 Å². The molecule has 4 fully saturated rings. The van der Waals surface area contributed by atoms with Crippen LogP contribution in [0.15, 0.2) is 29.4 Å². The number of carbonyl (C=O) groups is 1. The second-order valence-corrected chi connectivity index (χ2v) is 9.64. The van der Waals surface area contributed by atoms with Crippen molar-refractivity contribution in [3.05, 3.63) is 29.8 Å². The van der Waals surface area contributed by atoms with Gasteiger partial charge in [-0.3, -0.25) is 4.79 Å². The predicted molar refractivity (Wildman–Crippen MR) is 104 cm³/mol. The van der Waals surface area contributed by atoms with Gasteiger partial charge < -0.3 is 5.32 Å². The zero-order valence-corrected chi connectivity index (χ0v) is 16.4. The lowest BCUT2D eigenvalue weighted by Crippen LogP contribution is -2.60. The van der Waals surface area contributed by atoms with E-state index in [4.69, 9.17) is 0 Å². The van der Waals surface area contributed by atoms with Crippen LogP contribution in [0.3, 0.4) is 0 Å². The molecule has 0 aliphatic heterocycles. The van der Waals surface area contributed by atoms with E-state index in [0.717, 1.165) is 29.0 Å². The monoisotopic (exact) mass is 383 g/mol. The van der Waals surface area contributed by atoms with Crippen molar-refractivity contribution < 1.29 is 4.79 Å². The van der Waals surface area contributed by atoms with Gasteiger partial charge >= 0.3 is 0 Å². The molecule has 4 bridgehead atoms. The van der Waals surface area contributed by atoms with Gasteiger partial charge in [0.05, 0.1) is 11.4 Å². The Morgan fingerprint density at radius 3 is 2.52 bits per heavy atom. The molecule has 6 rings (SSSR count). The van der Waals surface area contributed by atoms with E-state index < -0.39 is 0 Å². The van der Waals surface area contributed by atoms with Crippen LogP contribution in [0.5, 0.6) is 0 Å². The molecule has 0 unspecified atom stereocenters. The van der Waals surface area contributed by atoms with Crippen LogP contribution in [0.1, 0.15) is 44.1 Å². The third-order valence-corrected chi connectivity index (χ3v) is 7.48. The van der Waals surface area contributed by atoms with Crippen LogP contribution in [0, 0.1) is 24.7 Å². The van der Waals surface area contributed by atoms with Gasteiger partial charge in [0.1, 0.15) is 0 Å². The summed E-state index contributed by atoms with van der Waals surface area (Å²) in [6.07, 6.45) is 7.68. The Kier molecular flexibility index (Phi) is 4.22. The molecule has 7 heteroatoms. The molecular weight excluding hydrogens is 358 g/mol. The van der Waals surface area contributed by atoms with E-state index in [-0.39, 0.29) is 11.4 Å². The van der Waals surface area contributed by atoms with Gasteiger partial charge in [-0.2, -0.15) is 4.68 Å². The molecule has 2 aromatic rings. The van der Waals surface area contributed by atoms with Crippen LogP contribution in [0.2, 0.25) is 0 Å². The number of carbonyl (C=O) groups excluding carboxylic acids is 1. The lowest BCUT2D eigenvalue weighted by Gasteiger charge is -2.56. The van der Waals surface area contributed by atoms with Crippen molar-refractivity contribution in [2.45, 2.75) is 56.1 Å². The molecule has 4 aliphatic carbocycles. The van der Waals surface area contributed by atoms with Gasteiger partial charge in [0.15, 0.2) is 0 Å². The lowest BCUT2D eigenvalue weighted by atomic mass is 9.53. The molecule has 1 N–H and O–H groups in total. The number of thioether (sulfide) groups is 1. The molecule has 4 aliphatic rings. The molecule has 0 radical (unpaired) electrons. The highest BCUT2D eigenvalue weighted by molar-refractivity contribution is 7.99. The van der Waals surface area contributed by atoms with Gasteiger partial charge in [0.2, 0.25) is 11.1 Å². The molecule has 0 spiro atoms. The third kappa shape index (κ3) is 3.26. The number of benzene rings is 1. The molecule has 1 heterocycles. The number of nitrogens with zero attached hydrogens (tertiary/aromatic N) is 4. The molecule has 1 aromatic carbocycles. The molecule has 27 heavy (non-hydrogen) atoms. The first-order valence-corrected chi connectivity index (χ1v) is 10.9. The highest BCUT2D eigenvalue weighted by Gasteiger charge is 2.51. The molecule has 4 saturated carbocycles. The molecule has 0 saturated heterocycles. The van der Waals surface area contributed by atoms with E-state index in [0.29, 0.717) is 10.9 Å². The Bertz CT molecular complexity index is 828. The van der Waals surface area contributed by atoms with E-state index in [1.165, 1.54) is 50.3 Å². The Hall–Kier alpha value is -1.89. The van der Waals surface area contributed by atoms with Crippen LogP contribution in [-0.4, -0.2) is 37.4 Å². The predicted octanol–water partition coefficient (Wildman–Crippen LogP) is 3.15. The third-order valence-electron chi connectivity index (χ3n) is 6.56. The number of rotatable bonds is 5. The number of aryl methyl sites for hydroxylation is 1. The van der Waals surface area contributed by atoms with Gasteiger partial charge in [-0.15, -0.1) is 5.10 Å². The zero-order valence-electron chi connectivity index (χ0n) is 15.6. The van der Waals surface area contributed by atoms with Gasteiger partial charge in [-0.05, 0) is 85.3 Å². The first kappa shape index (κ1) is 17.2. The van der Waals surface area contributed by atoms with E-state index >= 15 is 0 Å². The Morgan fingerprint density at radius 2 is 1.85 bits per heavy atom. The SMILES string of the molecule is Cc1ccccc1-n1nnnc1SCC(=O)NC12CC3CC(CC(C3)C1)C2. The maximum Gasteiger partial charge on any atom is 0.230 e.